The molecule has 0 radical (unpaired) electrons. The van der Waals surface area contributed by atoms with Gasteiger partial charge in [0.05, 0.1) is 5.57 Å². The zero-order valence-corrected chi connectivity index (χ0v) is 9.96. The van der Waals surface area contributed by atoms with Gasteiger partial charge < -0.3 is 5.21 Å². The second-order valence-electron chi connectivity index (χ2n) is 3.95. The Kier molecular flexibility index (Phi) is 3.40. The normalized spacial score (nSPS) is 19.3. The fourth-order valence-corrected chi connectivity index (χ4v) is 1.88. The van der Waals surface area contributed by atoms with E-state index < -0.39 is 0 Å². The van der Waals surface area contributed by atoms with Gasteiger partial charge in [-0.05, 0) is 35.8 Å². The van der Waals surface area contributed by atoms with Crippen LogP contribution in [0.3, 0.4) is 0 Å². The first-order chi connectivity index (χ1) is 8.76. The van der Waals surface area contributed by atoms with Gasteiger partial charge in [-0.15, -0.1) is 0 Å². The maximum Gasteiger partial charge on any atom is 0.102 e. The minimum Gasteiger partial charge on any atom is -0.410 e. The van der Waals surface area contributed by atoms with E-state index in [2.05, 4.69) is 11.2 Å². The highest BCUT2D eigenvalue weighted by molar-refractivity contribution is 6.07. The number of nitriles is 1. The highest BCUT2D eigenvalue weighted by atomic mass is 16.4. The molecule has 1 aliphatic rings. The first-order valence-electron chi connectivity index (χ1n) is 5.55. The summed E-state index contributed by atoms with van der Waals surface area (Å²) in [5.74, 6) is 0. The lowest BCUT2D eigenvalue weighted by Gasteiger charge is -2.11. The summed E-state index contributed by atoms with van der Waals surface area (Å²) < 4.78 is 0. The van der Waals surface area contributed by atoms with Crippen molar-refractivity contribution in [3.63, 3.8) is 0 Å². The molecule has 0 aliphatic heterocycles. The number of rotatable bonds is 1. The summed E-state index contributed by atoms with van der Waals surface area (Å²) in [6.07, 6.45) is 5.23. The minimum absolute atomic E-state index is 0.488. The lowest BCUT2D eigenvalue weighted by atomic mass is 9.92. The van der Waals surface area contributed by atoms with Crippen LogP contribution < -0.4 is 0 Å². The molecule has 0 saturated carbocycles. The van der Waals surface area contributed by atoms with E-state index >= 15 is 0 Å². The molecule has 1 aromatic rings. The summed E-state index contributed by atoms with van der Waals surface area (Å²) in [5, 5.41) is 21.2. The summed E-state index contributed by atoms with van der Waals surface area (Å²) >= 11 is 0. The standard InChI is InChI=1S/C15H12N2O/c1-11-9-13(17-18)7-8-14(11)15(10-16)12-5-3-2-4-6-12/h2-9,18H,1H3/b15-14-,17-13+. The van der Waals surface area contributed by atoms with E-state index in [0.717, 1.165) is 16.7 Å². The van der Waals surface area contributed by atoms with Gasteiger partial charge in [-0.25, -0.2) is 0 Å². The van der Waals surface area contributed by atoms with E-state index in [1.807, 2.05) is 37.3 Å². The second kappa shape index (κ2) is 5.15. The van der Waals surface area contributed by atoms with Gasteiger partial charge in [0.2, 0.25) is 0 Å². The zero-order chi connectivity index (χ0) is 13.0. The monoisotopic (exact) mass is 236 g/mol. The van der Waals surface area contributed by atoms with E-state index in [1.165, 1.54) is 0 Å². The molecule has 0 atom stereocenters. The van der Waals surface area contributed by atoms with Crippen LogP contribution in [0.25, 0.3) is 5.57 Å². The molecule has 0 aromatic heterocycles. The predicted octanol–water partition coefficient (Wildman–Crippen LogP) is 3.31. The van der Waals surface area contributed by atoms with Crippen LogP contribution in [0.5, 0.6) is 0 Å². The van der Waals surface area contributed by atoms with Gasteiger partial charge >= 0.3 is 0 Å². The molecule has 0 heterocycles. The number of hydrogen-bond donors (Lipinski definition) is 1. The van der Waals surface area contributed by atoms with Crippen LogP contribution in [0, 0.1) is 11.3 Å². The van der Waals surface area contributed by atoms with Crippen molar-refractivity contribution < 1.29 is 5.21 Å². The summed E-state index contributed by atoms with van der Waals surface area (Å²) in [5.41, 5.74) is 3.76. The topological polar surface area (TPSA) is 56.4 Å². The van der Waals surface area contributed by atoms with Crippen molar-refractivity contribution in [2.45, 2.75) is 6.92 Å². The maximum atomic E-state index is 9.32. The fourth-order valence-electron chi connectivity index (χ4n) is 1.88. The molecular formula is C15H12N2O. The molecule has 88 valence electrons. The van der Waals surface area contributed by atoms with Crippen LogP contribution in [-0.4, -0.2) is 10.9 Å². The lowest BCUT2D eigenvalue weighted by molar-refractivity contribution is 0.320. The van der Waals surface area contributed by atoms with Crippen molar-refractivity contribution in [1.29, 1.82) is 5.26 Å². The molecule has 1 aromatic carbocycles. The Morgan fingerprint density at radius 2 is 1.94 bits per heavy atom. The second-order valence-corrected chi connectivity index (χ2v) is 3.95. The highest BCUT2D eigenvalue weighted by Crippen LogP contribution is 2.26. The highest BCUT2D eigenvalue weighted by Gasteiger charge is 2.12. The molecule has 0 fully saturated rings. The van der Waals surface area contributed by atoms with Crippen molar-refractivity contribution >= 4 is 11.3 Å². The van der Waals surface area contributed by atoms with Gasteiger partial charge in [0.1, 0.15) is 11.8 Å². The van der Waals surface area contributed by atoms with Crippen LogP contribution in [-0.2, 0) is 0 Å². The molecule has 0 saturated heterocycles. The van der Waals surface area contributed by atoms with Crippen molar-refractivity contribution in [1.82, 2.24) is 0 Å². The third-order valence-electron chi connectivity index (χ3n) is 2.77. The van der Waals surface area contributed by atoms with Gasteiger partial charge in [0, 0.05) is 0 Å². The van der Waals surface area contributed by atoms with E-state index in [4.69, 9.17) is 5.21 Å². The van der Waals surface area contributed by atoms with Crippen LogP contribution in [0.4, 0.5) is 0 Å². The number of oxime groups is 1. The maximum absolute atomic E-state index is 9.32. The molecule has 0 spiro atoms. The molecule has 3 heteroatoms. The van der Waals surface area contributed by atoms with Crippen LogP contribution in [0.2, 0.25) is 0 Å². The zero-order valence-electron chi connectivity index (χ0n) is 9.96. The van der Waals surface area contributed by atoms with Crippen molar-refractivity contribution in [3.05, 3.63) is 65.3 Å². The fraction of sp³-hybridized carbons (Fsp3) is 0.0667. The Morgan fingerprint density at radius 3 is 2.50 bits per heavy atom. The molecule has 0 unspecified atom stereocenters. The van der Waals surface area contributed by atoms with Gasteiger partial charge in [-0.1, -0.05) is 41.6 Å². The van der Waals surface area contributed by atoms with Crippen molar-refractivity contribution in [2.75, 3.05) is 0 Å². The Morgan fingerprint density at radius 1 is 1.22 bits per heavy atom. The van der Waals surface area contributed by atoms with Crippen LogP contribution in [0.15, 0.2) is 64.9 Å². The number of hydrogen-bond acceptors (Lipinski definition) is 3. The average molecular weight is 236 g/mol. The Balaban J connectivity index is 2.55. The first-order valence-corrected chi connectivity index (χ1v) is 5.55. The average Bonchev–Trinajstić information content (AvgIpc) is 2.42. The van der Waals surface area contributed by atoms with Crippen LogP contribution >= 0.6 is 0 Å². The summed E-state index contributed by atoms with van der Waals surface area (Å²) in [7, 11) is 0. The molecule has 1 N–H and O–H groups in total. The number of benzene rings is 1. The van der Waals surface area contributed by atoms with Gasteiger partial charge in [0.15, 0.2) is 0 Å². The summed E-state index contributed by atoms with van der Waals surface area (Å²) in [6.45, 7) is 1.89. The quantitative estimate of drug-likeness (QED) is 0.462. The molecule has 2 rings (SSSR count). The number of allylic oxidation sites excluding steroid dienone is 6. The molecule has 3 nitrogen and oxygen atoms in total. The third kappa shape index (κ3) is 2.23. The molecule has 0 amide bonds. The Bertz CT molecular complexity index is 614. The van der Waals surface area contributed by atoms with E-state index in [9.17, 15) is 5.26 Å². The van der Waals surface area contributed by atoms with Gasteiger partial charge in [0.25, 0.3) is 0 Å². The van der Waals surface area contributed by atoms with Gasteiger partial charge in [-0.3, -0.25) is 0 Å². The largest absolute Gasteiger partial charge is 0.410 e. The summed E-state index contributed by atoms with van der Waals surface area (Å²) in [6, 6.07) is 11.8. The van der Waals surface area contributed by atoms with E-state index in [-0.39, 0.29) is 0 Å². The SMILES string of the molecule is CC1=CC(=N/O)/C=CC/1=C(\C#N)c1ccccc1. The first kappa shape index (κ1) is 11.9. The molecular weight excluding hydrogens is 224 g/mol. The minimum atomic E-state index is 0.488. The summed E-state index contributed by atoms with van der Waals surface area (Å²) in [4.78, 5) is 0. The third-order valence-corrected chi connectivity index (χ3v) is 2.77. The molecule has 0 bridgehead atoms. The van der Waals surface area contributed by atoms with Gasteiger partial charge in [-0.2, -0.15) is 5.26 Å². The van der Waals surface area contributed by atoms with Crippen LogP contribution in [0.1, 0.15) is 12.5 Å². The lowest BCUT2D eigenvalue weighted by Crippen LogP contribution is -2.00. The molecule has 18 heavy (non-hydrogen) atoms. The Hall–Kier alpha value is -2.60. The van der Waals surface area contributed by atoms with Crippen molar-refractivity contribution in [3.8, 4) is 6.07 Å². The Labute approximate surface area is 106 Å². The van der Waals surface area contributed by atoms with Crippen molar-refractivity contribution in [2.24, 2.45) is 5.16 Å². The smallest absolute Gasteiger partial charge is 0.102 e. The molecule has 1 aliphatic carbocycles. The van der Waals surface area contributed by atoms with E-state index in [0.29, 0.717) is 11.3 Å². The number of nitrogens with zero attached hydrogens (tertiary/aromatic N) is 2. The predicted molar refractivity (Wildman–Crippen MR) is 71.1 cm³/mol. The van der Waals surface area contributed by atoms with E-state index in [1.54, 1.807) is 18.2 Å².